The molecule has 3 rings (SSSR count). The van der Waals surface area contributed by atoms with Crippen LogP contribution in [0.2, 0.25) is 10.0 Å². The van der Waals surface area contributed by atoms with Crippen molar-refractivity contribution in [3.8, 4) is 0 Å². The Morgan fingerprint density at radius 2 is 1.42 bits per heavy atom. The van der Waals surface area contributed by atoms with Crippen molar-refractivity contribution in [1.82, 2.24) is 0 Å². The quantitative estimate of drug-likeness (QED) is 0.630. The van der Waals surface area contributed by atoms with E-state index in [2.05, 4.69) is 0 Å². The van der Waals surface area contributed by atoms with Gasteiger partial charge in [0.2, 0.25) is 5.78 Å². The van der Waals surface area contributed by atoms with Crippen LogP contribution in [-0.2, 0) is 10.3 Å². The summed E-state index contributed by atoms with van der Waals surface area (Å²) in [7, 11) is 0. The molecule has 0 bridgehead atoms. The van der Waals surface area contributed by atoms with Gasteiger partial charge in [-0.2, -0.15) is 0 Å². The molecule has 0 saturated carbocycles. The SMILES string of the molecule is O=C(c1ccc(Cl)cc1)C1(c2ccc(Cl)cc2)CO1. The van der Waals surface area contributed by atoms with E-state index in [1.165, 1.54) is 0 Å². The molecule has 1 saturated heterocycles. The van der Waals surface area contributed by atoms with Crippen LogP contribution in [0.5, 0.6) is 0 Å². The molecule has 2 aromatic rings. The van der Waals surface area contributed by atoms with Gasteiger partial charge >= 0.3 is 0 Å². The number of Topliss-reactive ketones (excluding diaryl/α,β-unsaturated/α-hetero) is 1. The molecule has 1 aliphatic rings. The lowest BCUT2D eigenvalue weighted by Crippen LogP contribution is -2.22. The third-order valence-electron chi connectivity index (χ3n) is 3.22. The summed E-state index contributed by atoms with van der Waals surface area (Å²) in [4.78, 5) is 12.5. The molecule has 0 spiro atoms. The van der Waals surface area contributed by atoms with E-state index in [0.717, 1.165) is 5.56 Å². The summed E-state index contributed by atoms with van der Waals surface area (Å²) in [6.45, 7) is 0.399. The zero-order valence-corrected chi connectivity index (χ0v) is 11.4. The highest BCUT2D eigenvalue weighted by molar-refractivity contribution is 6.31. The van der Waals surface area contributed by atoms with Gasteiger partial charge in [-0.3, -0.25) is 4.79 Å². The zero-order valence-electron chi connectivity index (χ0n) is 9.90. The van der Waals surface area contributed by atoms with Gasteiger partial charge < -0.3 is 4.74 Å². The van der Waals surface area contributed by atoms with Crippen LogP contribution in [0.15, 0.2) is 48.5 Å². The molecule has 1 unspecified atom stereocenters. The molecule has 0 radical (unpaired) electrons. The molecule has 0 aromatic heterocycles. The third kappa shape index (κ3) is 2.27. The number of carbonyl (C=O) groups is 1. The summed E-state index contributed by atoms with van der Waals surface area (Å²) in [5, 5.41) is 1.24. The molecule has 1 aliphatic heterocycles. The standard InChI is InChI=1S/C15H10Cl2O2/c16-12-5-1-10(2-6-12)14(18)15(9-19-15)11-3-7-13(17)8-4-11/h1-8H,9H2. The van der Waals surface area contributed by atoms with Gasteiger partial charge in [-0.15, -0.1) is 0 Å². The van der Waals surface area contributed by atoms with E-state index >= 15 is 0 Å². The highest BCUT2D eigenvalue weighted by atomic mass is 35.5. The van der Waals surface area contributed by atoms with E-state index < -0.39 is 5.60 Å². The van der Waals surface area contributed by atoms with E-state index in [4.69, 9.17) is 27.9 Å². The molecule has 0 amide bonds. The Hall–Kier alpha value is -1.35. The maximum absolute atomic E-state index is 12.5. The summed E-state index contributed by atoms with van der Waals surface area (Å²) in [5.41, 5.74) is 0.576. The van der Waals surface area contributed by atoms with Crippen molar-refractivity contribution in [2.75, 3.05) is 6.61 Å². The van der Waals surface area contributed by atoms with Crippen molar-refractivity contribution in [2.45, 2.75) is 5.60 Å². The molecule has 0 aliphatic carbocycles. The fourth-order valence-electron chi connectivity index (χ4n) is 2.05. The van der Waals surface area contributed by atoms with Gasteiger partial charge in [-0.05, 0) is 42.0 Å². The minimum atomic E-state index is -0.849. The highest BCUT2D eigenvalue weighted by Crippen LogP contribution is 2.42. The van der Waals surface area contributed by atoms with Crippen LogP contribution < -0.4 is 0 Å². The Morgan fingerprint density at radius 3 is 1.89 bits per heavy atom. The molecule has 2 aromatic carbocycles. The van der Waals surface area contributed by atoms with Gasteiger partial charge in [0.25, 0.3) is 0 Å². The van der Waals surface area contributed by atoms with Crippen LogP contribution in [-0.4, -0.2) is 12.4 Å². The van der Waals surface area contributed by atoms with Gasteiger partial charge in [0, 0.05) is 15.6 Å². The summed E-state index contributed by atoms with van der Waals surface area (Å²) in [5.74, 6) is -0.0495. The van der Waals surface area contributed by atoms with Crippen molar-refractivity contribution >= 4 is 29.0 Å². The monoisotopic (exact) mass is 292 g/mol. The van der Waals surface area contributed by atoms with E-state index in [1.54, 1.807) is 36.4 Å². The summed E-state index contributed by atoms with van der Waals surface area (Å²) in [6, 6.07) is 14.0. The second kappa shape index (κ2) is 4.64. The Bertz CT molecular complexity index is 614. The lowest BCUT2D eigenvalue weighted by molar-refractivity contribution is 0.0871. The number of hydrogen-bond donors (Lipinski definition) is 0. The smallest absolute Gasteiger partial charge is 0.201 e. The van der Waals surface area contributed by atoms with E-state index in [1.807, 2.05) is 12.1 Å². The van der Waals surface area contributed by atoms with Crippen LogP contribution in [0.3, 0.4) is 0 Å². The first-order chi connectivity index (χ1) is 9.12. The number of ether oxygens (including phenoxy) is 1. The third-order valence-corrected chi connectivity index (χ3v) is 3.72. The van der Waals surface area contributed by atoms with E-state index in [9.17, 15) is 4.79 Å². The Labute approximate surface area is 120 Å². The van der Waals surface area contributed by atoms with Gasteiger partial charge in [-0.1, -0.05) is 35.3 Å². The predicted octanol–water partition coefficient (Wildman–Crippen LogP) is 4.10. The first kappa shape index (κ1) is 12.7. The van der Waals surface area contributed by atoms with Crippen LogP contribution in [0.4, 0.5) is 0 Å². The van der Waals surface area contributed by atoms with Crippen LogP contribution >= 0.6 is 23.2 Å². The number of hydrogen-bond acceptors (Lipinski definition) is 2. The molecule has 19 heavy (non-hydrogen) atoms. The lowest BCUT2D eigenvalue weighted by Gasteiger charge is -2.11. The second-order valence-electron chi connectivity index (χ2n) is 4.46. The van der Waals surface area contributed by atoms with Crippen molar-refractivity contribution in [1.29, 1.82) is 0 Å². The van der Waals surface area contributed by atoms with E-state index in [0.29, 0.717) is 22.2 Å². The molecule has 0 N–H and O–H groups in total. The molecular weight excluding hydrogens is 283 g/mol. The minimum absolute atomic E-state index is 0.0495. The Morgan fingerprint density at radius 1 is 0.947 bits per heavy atom. The summed E-state index contributed by atoms with van der Waals surface area (Å²) in [6.07, 6.45) is 0. The Balaban J connectivity index is 1.94. The van der Waals surface area contributed by atoms with Crippen molar-refractivity contribution in [3.05, 3.63) is 69.7 Å². The lowest BCUT2D eigenvalue weighted by atomic mass is 9.91. The van der Waals surface area contributed by atoms with Gasteiger partial charge in [-0.25, -0.2) is 0 Å². The fourth-order valence-corrected chi connectivity index (χ4v) is 2.31. The zero-order chi connectivity index (χ0) is 13.5. The van der Waals surface area contributed by atoms with Gasteiger partial charge in [0.1, 0.15) is 0 Å². The van der Waals surface area contributed by atoms with Gasteiger partial charge in [0.15, 0.2) is 5.60 Å². The molecular formula is C15H10Cl2O2. The molecule has 1 atom stereocenters. The topological polar surface area (TPSA) is 29.6 Å². The molecule has 1 fully saturated rings. The summed E-state index contributed by atoms with van der Waals surface area (Å²) < 4.78 is 5.44. The molecule has 2 nitrogen and oxygen atoms in total. The average Bonchev–Trinajstić information content (AvgIpc) is 3.21. The summed E-state index contributed by atoms with van der Waals surface area (Å²) >= 11 is 11.7. The maximum Gasteiger partial charge on any atom is 0.201 e. The first-order valence-electron chi connectivity index (χ1n) is 5.82. The van der Waals surface area contributed by atoms with Crippen LogP contribution in [0, 0.1) is 0 Å². The van der Waals surface area contributed by atoms with Gasteiger partial charge in [0.05, 0.1) is 6.61 Å². The van der Waals surface area contributed by atoms with Crippen LogP contribution in [0.1, 0.15) is 15.9 Å². The number of carbonyl (C=O) groups excluding carboxylic acids is 1. The van der Waals surface area contributed by atoms with Crippen molar-refractivity contribution in [2.24, 2.45) is 0 Å². The predicted molar refractivity (Wildman–Crippen MR) is 74.9 cm³/mol. The van der Waals surface area contributed by atoms with Crippen molar-refractivity contribution < 1.29 is 9.53 Å². The number of ketones is 1. The highest BCUT2D eigenvalue weighted by Gasteiger charge is 2.53. The largest absolute Gasteiger partial charge is 0.356 e. The normalized spacial score (nSPS) is 21.2. The fraction of sp³-hybridized carbons (Fsp3) is 0.133. The second-order valence-corrected chi connectivity index (χ2v) is 5.33. The number of epoxide rings is 1. The minimum Gasteiger partial charge on any atom is -0.356 e. The Kier molecular flexibility index (Phi) is 3.09. The maximum atomic E-state index is 12.5. The van der Waals surface area contributed by atoms with E-state index in [-0.39, 0.29) is 5.78 Å². The number of rotatable bonds is 3. The number of halogens is 2. The molecule has 96 valence electrons. The first-order valence-corrected chi connectivity index (χ1v) is 6.58. The number of benzene rings is 2. The molecule has 4 heteroatoms. The average molecular weight is 293 g/mol. The molecule has 1 heterocycles. The van der Waals surface area contributed by atoms with Crippen molar-refractivity contribution in [3.63, 3.8) is 0 Å². The van der Waals surface area contributed by atoms with Crippen LogP contribution in [0.25, 0.3) is 0 Å².